The summed E-state index contributed by atoms with van der Waals surface area (Å²) in [6.07, 6.45) is 0. The average Bonchev–Trinajstić information content (AvgIpc) is 2.42. The van der Waals surface area contributed by atoms with Crippen LogP contribution in [-0.4, -0.2) is 42.0 Å². The maximum Gasteiger partial charge on any atom is 0.203 e. The Morgan fingerprint density at radius 2 is 1.56 bits per heavy atom. The smallest absolute Gasteiger partial charge is 0.203 e. The summed E-state index contributed by atoms with van der Waals surface area (Å²) in [4.78, 5) is 0. The predicted octanol–water partition coefficient (Wildman–Crippen LogP) is 1.19. The van der Waals surface area contributed by atoms with E-state index in [-0.39, 0.29) is 6.04 Å². The molecule has 5 heteroatoms. The van der Waals surface area contributed by atoms with Crippen molar-refractivity contribution in [3.8, 4) is 17.2 Å². The second-order valence-electron chi connectivity index (χ2n) is 3.86. The van der Waals surface area contributed by atoms with Crippen LogP contribution in [0.3, 0.4) is 0 Å². The van der Waals surface area contributed by atoms with E-state index >= 15 is 0 Å². The molecule has 0 bridgehead atoms. The molecule has 2 N–H and O–H groups in total. The topological polar surface area (TPSA) is 51.8 Å². The zero-order valence-electron chi connectivity index (χ0n) is 11.7. The summed E-state index contributed by atoms with van der Waals surface area (Å²) < 4.78 is 16.0. The minimum atomic E-state index is 0.184. The molecule has 1 rings (SSSR count). The number of likely N-dealkylation sites (N-methyl/N-ethyl adjacent to an activating group) is 2. The molecule has 0 unspecified atom stereocenters. The third-order valence-corrected chi connectivity index (χ3v) is 2.85. The van der Waals surface area contributed by atoms with Crippen LogP contribution in [0.5, 0.6) is 17.2 Å². The Morgan fingerprint density at radius 3 is 1.89 bits per heavy atom. The van der Waals surface area contributed by atoms with Gasteiger partial charge in [0, 0.05) is 12.6 Å². The van der Waals surface area contributed by atoms with Crippen molar-refractivity contribution in [3.63, 3.8) is 0 Å². The third kappa shape index (κ3) is 3.05. The first-order valence-corrected chi connectivity index (χ1v) is 5.83. The Balaban J connectivity index is 3.21. The standard InChI is InChI=1S/C13H22N2O3/c1-14-8-10(15-2)9-6-11(16-3)13(18-5)12(7-9)17-4/h6-7,10,14-15H,8H2,1-5H3/t10-/m1/s1. The van der Waals surface area contributed by atoms with E-state index < -0.39 is 0 Å². The molecule has 18 heavy (non-hydrogen) atoms. The molecule has 0 fully saturated rings. The second kappa shape index (κ2) is 7.08. The van der Waals surface area contributed by atoms with E-state index in [1.165, 1.54) is 0 Å². The summed E-state index contributed by atoms with van der Waals surface area (Å²) in [7, 11) is 8.68. The fourth-order valence-electron chi connectivity index (χ4n) is 1.89. The van der Waals surface area contributed by atoms with Crippen molar-refractivity contribution < 1.29 is 14.2 Å². The van der Waals surface area contributed by atoms with Gasteiger partial charge in [-0.2, -0.15) is 0 Å². The van der Waals surface area contributed by atoms with Crippen LogP contribution in [0.1, 0.15) is 11.6 Å². The SMILES string of the molecule is CNC[C@@H](NC)c1cc(OC)c(OC)c(OC)c1. The van der Waals surface area contributed by atoms with Crippen LogP contribution in [0.15, 0.2) is 12.1 Å². The highest BCUT2D eigenvalue weighted by molar-refractivity contribution is 5.54. The highest BCUT2D eigenvalue weighted by Crippen LogP contribution is 2.39. The molecule has 1 aromatic carbocycles. The lowest BCUT2D eigenvalue weighted by atomic mass is 10.1. The first-order valence-electron chi connectivity index (χ1n) is 5.83. The Morgan fingerprint density at radius 1 is 1.00 bits per heavy atom. The van der Waals surface area contributed by atoms with Crippen LogP contribution >= 0.6 is 0 Å². The molecular formula is C13H22N2O3. The first-order chi connectivity index (χ1) is 8.71. The molecule has 0 heterocycles. The molecule has 1 aromatic rings. The molecule has 0 aliphatic carbocycles. The molecule has 102 valence electrons. The van der Waals surface area contributed by atoms with E-state index in [1.807, 2.05) is 26.2 Å². The van der Waals surface area contributed by atoms with Crippen molar-refractivity contribution in [2.45, 2.75) is 6.04 Å². The van der Waals surface area contributed by atoms with Crippen LogP contribution in [-0.2, 0) is 0 Å². The summed E-state index contributed by atoms with van der Waals surface area (Å²) >= 11 is 0. The molecular weight excluding hydrogens is 232 g/mol. The Kier molecular flexibility index (Phi) is 5.74. The van der Waals surface area contributed by atoms with E-state index in [0.29, 0.717) is 17.2 Å². The second-order valence-corrected chi connectivity index (χ2v) is 3.86. The Hall–Kier alpha value is -1.46. The van der Waals surface area contributed by atoms with Crippen molar-refractivity contribution in [3.05, 3.63) is 17.7 Å². The highest BCUT2D eigenvalue weighted by Gasteiger charge is 2.17. The largest absolute Gasteiger partial charge is 0.493 e. The van der Waals surface area contributed by atoms with Crippen LogP contribution in [0.25, 0.3) is 0 Å². The van der Waals surface area contributed by atoms with E-state index in [1.54, 1.807) is 21.3 Å². The van der Waals surface area contributed by atoms with E-state index in [2.05, 4.69) is 10.6 Å². The lowest BCUT2D eigenvalue weighted by molar-refractivity contribution is 0.323. The number of hydrogen-bond acceptors (Lipinski definition) is 5. The fraction of sp³-hybridized carbons (Fsp3) is 0.538. The number of rotatable bonds is 7. The molecule has 0 saturated heterocycles. The molecule has 0 amide bonds. The fourth-order valence-corrected chi connectivity index (χ4v) is 1.89. The Labute approximate surface area is 108 Å². The maximum absolute atomic E-state index is 5.34. The summed E-state index contributed by atoms with van der Waals surface area (Å²) in [5.41, 5.74) is 1.08. The van der Waals surface area contributed by atoms with Crippen molar-refractivity contribution in [2.75, 3.05) is 42.0 Å². The number of hydrogen-bond donors (Lipinski definition) is 2. The van der Waals surface area contributed by atoms with Crippen molar-refractivity contribution in [1.29, 1.82) is 0 Å². The molecule has 0 aromatic heterocycles. The van der Waals surface area contributed by atoms with E-state index in [9.17, 15) is 0 Å². The summed E-state index contributed by atoms with van der Waals surface area (Å²) in [6, 6.07) is 4.10. The van der Waals surface area contributed by atoms with Crippen LogP contribution < -0.4 is 24.8 Å². The summed E-state index contributed by atoms with van der Waals surface area (Å²) in [5, 5.41) is 6.39. The molecule has 1 atom stereocenters. The van der Waals surface area contributed by atoms with Gasteiger partial charge in [0.15, 0.2) is 11.5 Å². The molecule has 0 saturated carbocycles. The molecule has 0 aliphatic rings. The van der Waals surface area contributed by atoms with E-state index in [4.69, 9.17) is 14.2 Å². The monoisotopic (exact) mass is 254 g/mol. The maximum atomic E-state index is 5.34. The first kappa shape index (κ1) is 14.6. The van der Waals surface area contributed by atoms with Gasteiger partial charge in [0.25, 0.3) is 0 Å². The highest BCUT2D eigenvalue weighted by atomic mass is 16.5. The average molecular weight is 254 g/mol. The van der Waals surface area contributed by atoms with Gasteiger partial charge in [0.1, 0.15) is 0 Å². The minimum absolute atomic E-state index is 0.184. The lowest BCUT2D eigenvalue weighted by Crippen LogP contribution is -2.27. The third-order valence-electron chi connectivity index (χ3n) is 2.85. The van der Waals surface area contributed by atoms with Crippen LogP contribution in [0.4, 0.5) is 0 Å². The Bertz CT molecular complexity index is 357. The van der Waals surface area contributed by atoms with Gasteiger partial charge >= 0.3 is 0 Å². The van der Waals surface area contributed by atoms with Crippen molar-refractivity contribution in [2.24, 2.45) is 0 Å². The van der Waals surface area contributed by atoms with E-state index in [0.717, 1.165) is 12.1 Å². The van der Waals surface area contributed by atoms with Gasteiger partial charge in [-0.1, -0.05) is 0 Å². The molecule has 5 nitrogen and oxygen atoms in total. The van der Waals surface area contributed by atoms with Gasteiger partial charge in [-0.05, 0) is 31.8 Å². The number of nitrogens with one attached hydrogen (secondary N) is 2. The van der Waals surface area contributed by atoms with Gasteiger partial charge in [-0.25, -0.2) is 0 Å². The lowest BCUT2D eigenvalue weighted by Gasteiger charge is -2.20. The molecule has 0 spiro atoms. The zero-order valence-corrected chi connectivity index (χ0v) is 11.7. The summed E-state index contributed by atoms with van der Waals surface area (Å²) in [5.74, 6) is 1.95. The van der Waals surface area contributed by atoms with Gasteiger partial charge in [0.2, 0.25) is 5.75 Å². The number of benzene rings is 1. The zero-order chi connectivity index (χ0) is 13.5. The predicted molar refractivity (Wildman–Crippen MR) is 71.8 cm³/mol. The van der Waals surface area contributed by atoms with Crippen LogP contribution in [0.2, 0.25) is 0 Å². The summed E-state index contributed by atoms with van der Waals surface area (Å²) in [6.45, 7) is 0.815. The molecule has 0 aliphatic heterocycles. The van der Waals surface area contributed by atoms with Crippen molar-refractivity contribution in [1.82, 2.24) is 10.6 Å². The normalized spacial score (nSPS) is 12.1. The van der Waals surface area contributed by atoms with Gasteiger partial charge in [-0.3, -0.25) is 0 Å². The molecule has 0 radical (unpaired) electrons. The quantitative estimate of drug-likeness (QED) is 0.765. The van der Waals surface area contributed by atoms with Crippen molar-refractivity contribution >= 4 is 0 Å². The number of methoxy groups -OCH3 is 3. The van der Waals surface area contributed by atoms with Gasteiger partial charge < -0.3 is 24.8 Å². The minimum Gasteiger partial charge on any atom is -0.493 e. The number of ether oxygens (including phenoxy) is 3. The van der Waals surface area contributed by atoms with Gasteiger partial charge in [-0.15, -0.1) is 0 Å². The van der Waals surface area contributed by atoms with Gasteiger partial charge in [0.05, 0.1) is 21.3 Å². The van der Waals surface area contributed by atoms with Crippen LogP contribution in [0, 0.1) is 0 Å².